The van der Waals surface area contributed by atoms with Gasteiger partial charge in [0, 0.05) is 48.9 Å². The van der Waals surface area contributed by atoms with Gasteiger partial charge in [0.25, 0.3) is 5.91 Å². The summed E-state index contributed by atoms with van der Waals surface area (Å²) in [5, 5.41) is 0.773. The summed E-state index contributed by atoms with van der Waals surface area (Å²) in [5.74, 6) is 1.09. The molecular weight excluding hydrogens is 452 g/mol. The molecule has 3 heterocycles. The molecule has 4 aromatic rings. The molecule has 1 aliphatic rings. The van der Waals surface area contributed by atoms with Gasteiger partial charge in [0.15, 0.2) is 5.16 Å². The molecule has 6 heteroatoms. The normalized spacial score (nSPS) is 15.7. The molecule has 0 saturated carbocycles. The van der Waals surface area contributed by atoms with Crippen molar-refractivity contribution in [2.24, 2.45) is 0 Å². The SMILES string of the molecule is Cc1cnc(SCc2cccnc2)nc1C1CCCN(C(=O)c2ccc(-c3ccccc3)cc2)C1. The summed E-state index contributed by atoms with van der Waals surface area (Å²) in [7, 11) is 0. The third-order valence-corrected chi connectivity index (χ3v) is 7.35. The summed E-state index contributed by atoms with van der Waals surface area (Å²) >= 11 is 1.62. The Morgan fingerprint density at radius 2 is 1.80 bits per heavy atom. The first kappa shape index (κ1) is 23.2. The molecule has 5 rings (SSSR count). The summed E-state index contributed by atoms with van der Waals surface area (Å²) in [4.78, 5) is 28.9. The number of aromatic nitrogens is 3. The average molecular weight is 481 g/mol. The molecule has 0 N–H and O–H groups in total. The van der Waals surface area contributed by atoms with Crippen molar-refractivity contribution in [3.8, 4) is 11.1 Å². The highest BCUT2D eigenvalue weighted by molar-refractivity contribution is 7.98. The maximum atomic E-state index is 13.3. The third-order valence-electron chi connectivity index (χ3n) is 6.41. The van der Waals surface area contributed by atoms with Gasteiger partial charge >= 0.3 is 0 Å². The van der Waals surface area contributed by atoms with Gasteiger partial charge in [-0.3, -0.25) is 9.78 Å². The first-order chi connectivity index (χ1) is 17.2. The molecule has 35 heavy (non-hydrogen) atoms. The summed E-state index contributed by atoms with van der Waals surface area (Å²) in [5.41, 5.74) is 6.30. The van der Waals surface area contributed by atoms with E-state index >= 15 is 0 Å². The minimum Gasteiger partial charge on any atom is -0.338 e. The molecule has 1 fully saturated rings. The Labute approximate surface area is 210 Å². The number of nitrogens with zero attached hydrogens (tertiary/aromatic N) is 4. The van der Waals surface area contributed by atoms with Crippen molar-refractivity contribution in [1.29, 1.82) is 0 Å². The number of benzene rings is 2. The fraction of sp³-hybridized carbons (Fsp3) is 0.241. The molecule has 2 aromatic heterocycles. The summed E-state index contributed by atoms with van der Waals surface area (Å²) in [6, 6.07) is 22.2. The number of hydrogen-bond acceptors (Lipinski definition) is 5. The predicted molar refractivity (Wildman–Crippen MR) is 140 cm³/mol. The van der Waals surface area contributed by atoms with Gasteiger partial charge in [-0.2, -0.15) is 0 Å². The number of piperidine rings is 1. The van der Waals surface area contributed by atoms with Gasteiger partial charge < -0.3 is 4.90 Å². The van der Waals surface area contributed by atoms with E-state index in [2.05, 4.69) is 35.1 Å². The van der Waals surface area contributed by atoms with Crippen molar-refractivity contribution in [3.63, 3.8) is 0 Å². The van der Waals surface area contributed by atoms with Gasteiger partial charge in [0.1, 0.15) is 0 Å². The van der Waals surface area contributed by atoms with E-state index in [4.69, 9.17) is 4.98 Å². The fourth-order valence-electron chi connectivity index (χ4n) is 4.56. The van der Waals surface area contributed by atoms with Crippen molar-refractivity contribution in [2.45, 2.75) is 36.6 Å². The maximum Gasteiger partial charge on any atom is 0.253 e. The summed E-state index contributed by atoms with van der Waals surface area (Å²) < 4.78 is 0. The largest absolute Gasteiger partial charge is 0.338 e. The van der Waals surface area contributed by atoms with E-state index in [9.17, 15) is 4.79 Å². The highest BCUT2D eigenvalue weighted by Gasteiger charge is 2.27. The van der Waals surface area contributed by atoms with Crippen LogP contribution in [0.4, 0.5) is 0 Å². The van der Waals surface area contributed by atoms with Crippen LogP contribution in [0.25, 0.3) is 11.1 Å². The second kappa shape index (κ2) is 10.8. The van der Waals surface area contributed by atoms with Crippen LogP contribution in [0.3, 0.4) is 0 Å². The molecule has 1 unspecified atom stereocenters. The molecular formula is C29H28N4OS. The molecule has 0 spiro atoms. The topological polar surface area (TPSA) is 59.0 Å². The molecule has 0 aliphatic carbocycles. The molecule has 1 amide bonds. The van der Waals surface area contributed by atoms with Gasteiger partial charge in [0.05, 0.1) is 5.69 Å². The van der Waals surface area contributed by atoms with Gasteiger partial charge in [-0.05, 0) is 60.2 Å². The molecule has 1 saturated heterocycles. The molecule has 176 valence electrons. The monoisotopic (exact) mass is 480 g/mol. The second-order valence-corrected chi connectivity index (χ2v) is 9.85. The Hall–Kier alpha value is -3.51. The van der Waals surface area contributed by atoms with Crippen molar-refractivity contribution in [1.82, 2.24) is 19.9 Å². The fourth-order valence-corrected chi connectivity index (χ4v) is 5.31. The minimum absolute atomic E-state index is 0.0900. The zero-order valence-electron chi connectivity index (χ0n) is 19.8. The van der Waals surface area contributed by atoms with Crippen molar-refractivity contribution in [2.75, 3.05) is 13.1 Å². The number of pyridine rings is 1. The van der Waals surface area contributed by atoms with Crippen LogP contribution in [0.15, 0.2) is 90.5 Å². The zero-order valence-corrected chi connectivity index (χ0v) is 20.6. The van der Waals surface area contributed by atoms with Crippen LogP contribution >= 0.6 is 11.8 Å². The highest BCUT2D eigenvalue weighted by atomic mass is 32.2. The number of hydrogen-bond donors (Lipinski definition) is 0. The van der Waals surface area contributed by atoms with Crippen LogP contribution in [0.2, 0.25) is 0 Å². The number of amides is 1. The lowest BCUT2D eigenvalue weighted by Gasteiger charge is -2.33. The van der Waals surface area contributed by atoms with Crippen molar-refractivity contribution in [3.05, 3.63) is 108 Å². The third kappa shape index (κ3) is 5.60. The zero-order chi connectivity index (χ0) is 24.0. The smallest absolute Gasteiger partial charge is 0.253 e. The van der Waals surface area contributed by atoms with Crippen LogP contribution in [0.1, 0.15) is 45.9 Å². The van der Waals surface area contributed by atoms with E-state index in [-0.39, 0.29) is 11.8 Å². The van der Waals surface area contributed by atoms with Crippen LogP contribution in [0, 0.1) is 6.92 Å². The van der Waals surface area contributed by atoms with E-state index in [1.54, 1.807) is 18.0 Å². The Bertz CT molecular complexity index is 1280. The first-order valence-electron chi connectivity index (χ1n) is 12.0. The van der Waals surface area contributed by atoms with Gasteiger partial charge in [-0.25, -0.2) is 9.97 Å². The maximum absolute atomic E-state index is 13.3. The van der Waals surface area contributed by atoms with Crippen LogP contribution in [-0.4, -0.2) is 38.8 Å². The van der Waals surface area contributed by atoms with E-state index in [1.165, 1.54) is 0 Å². The molecule has 1 aliphatic heterocycles. The van der Waals surface area contributed by atoms with Gasteiger partial charge in [-0.1, -0.05) is 60.3 Å². The van der Waals surface area contributed by atoms with Crippen LogP contribution in [0.5, 0.6) is 0 Å². The van der Waals surface area contributed by atoms with E-state index in [1.807, 2.05) is 65.8 Å². The van der Waals surface area contributed by atoms with Crippen molar-refractivity contribution < 1.29 is 4.79 Å². The Morgan fingerprint density at radius 1 is 1.00 bits per heavy atom. The standard InChI is InChI=1S/C29H28N4OS/c1-21-17-31-29(35-20-22-7-5-15-30-18-22)32-27(21)26-10-6-16-33(19-26)28(34)25-13-11-24(12-14-25)23-8-3-2-4-9-23/h2-5,7-9,11-15,17-18,26H,6,10,16,19-20H2,1H3. The first-order valence-corrected chi connectivity index (χ1v) is 13.0. The number of rotatable bonds is 6. The quantitative estimate of drug-likeness (QED) is 0.244. The number of thioether (sulfide) groups is 1. The number of aryl methyl sites for hydroxylation is 1. The van der Waals surface area contributed by atoms with Crippen LogP contribution < -0.4 is 0 Å². The van der Waals surface area contributed by atoms with Gasteiger partial charge in [-0.15, -0.1) is 0 Å². The lowest BCUT2D eigenvalue weighted by Crippen LogP contribution is -2.39. The Kier molecular flexibility index (Phi) is 7.19. The van der Waals surface area contributed by atoms with E-state index < -0.39 is 0 Å². The van der Waals surface area contributed by atoms with Crippen LogP contribution in [-0.2, 0) is 5.75 Å². The average Bonchev–Trinajstić information content (AvgIpc) is 2.93. The lowest BCUT2D eigenvalue weighted by molar-refractivity contribution is 0.0705. The molecule has 1 atom stereocenters. The summed E-state index contributed by atoms with van der Waals surface area (Å²) in [6.45, 7) is 3.53. The second-order valence-electron chi connectivity index (χ2n) is 8.90. The Morgan fingerprint density at radius 3 is 2.57 bits per heavy atom. The summed E-state index contributed by atoms with van der Waals surface area (Å²) in [6.07, 6.45) is 7.57. The number of carbonyl (C=O) groups excluding carboxylic acids is 1. The van der Waals surface area contributed by atoms with E-state index in [0.29, 0.717) is 6.54 Å². The molecule has 0 radical (unpaired) electrons. The van der Waals surface area contributed by atoms with Crippen molar-refractivity contribution >= 4 is 17.7 Å². The van der Waals surface area contributed by atoms with E-state index in [0.717, 1.165) is 63.8 Å². The number of likely N-dealkylation sites (tertiary alicyclic amines) is 1. The Balaban J connectivity index is 1.27. The highest BCUT2D eigenvalue weighted by Crippen LogP contribution is 2.30. The number of carbonyl (C=O) groups is 1. The van der Waals surface area contributed by atoms with Gasteiger partial charge in [0.2, 0.25) is 0 Å². The molecule has 5 nitrogen and oxygen atoms in total. The lowest BCUT2D eigenvalue weighted by atomic mass is 9.92. The molecule has 0 bridgehead atoms. The predicted octanol–water partition coefficient (Wildman–Crippen LogP) is 6.16. The molecule has 2 aromatic carbocycles. The minimum atomic E-state index is 0.0900.